The van der Waals surface area contributed by atoms with E-state index in [2.05, 4.69) is 24.1 Å². The molecule has 2 aliphatic rings. The van der Waals surface area contributed by atoms with Crippen LogP contribution in [-0.4, -0.2) is 36.6 Å². The summed E-state index contributed by atoms with van der Waals surface area (Å²) in [5.41, 5.74) is 0. The molecular formula is C16H32N2. The summed E-state index contributed by atoms with van der Waals surface area (Å²) in [5, 5.41) is 3.65. The minimum absolute atomic E-state index is 0.776. The molecule has 0 spiro atoms. The normalized spacial score (nSPS) is 33.2. The molecule has 0 aromatic rings. The van der Waals surface area contributed by atoms with E-state index in [1.165, 1.54) is 71.0 Å². The van der Waals surface area contributed by atoms with E-state index in [0.29, 0.717) is 0 Å². The monoisotopic (exact) mass is 252 g/mol. The molecule has 18 heavy (non-hydrogen) atoms. The Labute approximate surface area is 114 Å². The first-order valence-corrected chi connectivity index (χ1v) is 8.30. The van der Waals surface area contributed by atoms with Crippen LogP contribution in [-0.2, 0) is 0 Å². The molecular weight excluding hydrogens is 220 g/mol. The maximum Gasteiger partial charge on any atom is 0.0195 e. The van der Waals surface area contributed by atoms with E-state index < -0.39 is 0 Å². The van der Waals surface area contributed by atoms with Crippen molar-refractivity contribution in [2.45, 2.75) is 77.3 Å². The average molecular weight is 252 g/mol. The predicted molar refractivity (Wildman–Crippen MR) is 78.9 cm³/mol. The quantitative estimate of drug-likeness (QED) is 0.779. The molecule has 1 aliphatic carbocycles. The van der Waals surface area contributed by atoms with Gasteiger partial charge in [-0.15, -0.1) is 0 Å². The molecule has 2 fully saturated rings. The second-order valence-electron chi connectivity index (χ2n) is 6.34. The van der Waals surface area contributed by atoms with Crippen LogP contribution in [0.15, 0.2) is 0 Å². The zero-order valence-electron chi connectivity index (χ0n) is 12.5. The third kappa shape index (κ3) is 3.96. The second kappa shape index (κ2) is 7.49. The molecule has 0 bridgehead atoms. The van der Waals surface area contributed by atoms with Crippen LogP contribution in [0.4, 0.5) is 0 Å². The van der Waals surface area contributed by atoms with Gasteiger partial charge in [-0.2, -0.15) is 0 Å². The maximum atomic E-state index is 3.65. The molecule has 1 unspecified atom stereocenters. The van der Waals surface area contributed by atoms with Crippen LogP contribution >= 0.6 is 0 Å². The lowest BCUT2D eigenvalue weighted by atomic mass is 9.83. The van der Waals surface area contributed by atoms with Crippen LogP contribution in [0.3, 0.4) is 0 Å². The zero-order chi connectivity index (χ0) is 12.8. The summed E-state index contributed by atoms with van der Waals surface area (Å²) in [7, 11) is 0. The molecule has 0 radical (unpaired) electrons. The van der Waals surface area contributed by atoms with E-state index in [1.54, 1.807) is 0 Å². The van der Waals surface area contributed by atoms with Crippen molar-refractivity contribution >= 4 is 0 Å². The third-order valence-electron chi connectivity index (χ3n) is 5.05. The van der Waals surface area contributed by atoms with E-state index in [1.807, 2.05) is 0 Å². The molecule has 1 saturated carbocycles. The lowest BCUT2D eigenvalue weighted by molar-refractivity contribution is 0.130. The number of hydrogen-bond donors (Lipinski definition) is 1. The highest BCUT2D eigenvalue weighted by Gasteiger charge is 2.26. The number of hydrogen-bond acceptors (Lipinski definition) is 2. The Morgan fingerprint density at radius 3 is 2.39 bits per heavy atom. The van der Waals surface area contributed by atoms with Crippen molar-refractivity contribution in [1.82, 2.24) is 10.2 Å². The first-order chi connectivity index (χ1) is 8.83. The van der Waals surface area contributed by atoms with E-state index in [4.69, 9.17) is 0 Å². The van der Waals surface area contributed by atoms with Crippen molar-refractivity contribution < 1.29 is 0 Å². The van der Waals surface area contributed by atoms with E-state index in [-0.39, 0.29) is 0 Å². The van der Waals surface area contributed by atoms with Crippen LogP contribution in [0, 0.1) is 5.92 Å². The fraction of sp³-hybridized carbons (Fsp3) is 1.00. The fourth-order valence-electron chi connectivity index (χ4n) is 3.94. The third-order valence-corrected chi connectivity index (χ3v) is 5.05. The molecule has 0 aromatic heterocycles. The largest absolute Gasteiger partial charge is 0.313 e. The molecule has 1 N–H and O–H groups in total. The van der Waals surface area contributed by atoms with Gasteiger partial charge in [-0.3, -0.25) is 4.90 Å². The maximum absolute atomic E-state index is 3.65. The van der Waals surface area contributed by atoms with Crippen molar-refractivity contribution in [2.75, 3.05) is 19.6 Å². The van der Waals surface area contributed by atoms with Gasteiger partial charge in [0, 0.05) is 18.6 Å². The van der Waals surface area contributed by atoms with E-state index in [9.17, 15) is 0 Å². The summed E-state index contributed by atoms with van der Waals surface area (Å²) < 4.78 is 0. The molecule has 2 nitrogen and oxygen atoms in total. The molecule has 1 aliphatic heterocycles. The van der Waals surface area contributed by atoms with Crippen molar-refractivity contribution in [3.8, 4) is 0 Å². The number of rotatable bonds is 6. The summed E-state index contributed by atoms with van der Waals surface area (Å²) in [4.78, 5) is 2.76. The highest BCUT2D eigenvalue weighted by atomic mass is 15.2. The van der Waals surface area contributed by atoms with Crippen LogP contribution in [0.25, 0.3) is 0 Å². The Balaban J connectivity index is 1.74. The summed E-state index contributed by atoms with van der Waals surface area (Å²) in [6, 6.07) is 1.66. The van der Waals surface area contributed by atoms with Crippen molar-refractivity contribution in [3.05, 3.63) is 0 Å². The number of nitrogens with one attached hydrogen (secondary N) is 1. The lowest BCUT2D eigenvalue weighted by Crippen LogP contribution is -2.44. The highest BCUT2D eigenvalue weighted by molar-refractivity contribution is 4.84. The molecule has 0 amide bonds. The summed E-state index contributed by atoms with van der Waals surface area (Å²) in [5.74, 6) is 1.04. The molecule has 2 heteroatoms. The van der Waals surface area contributed by atoms with E-state index in [0.717, 1.165) is 18.0 Å². The molecule has 106 valence electrons. The van der Waals surface area contributed by atoms with Crippen molar-refractivity contribution in [3.63, 3.8) is 0 Å². The van der Waals surface area contributed by atoms with Gasteiger partial charge in [-0.1, -0.05) is 26.7 Å². The molecule has 1 saturated heterocycles. The van der Waals surface area contributed by atoms with Crippen LogP contribution in [0.1, 0.15) is 65.2 Å². The zero-order valence-corrected chi connectivity index (χ0v) is 12.5. The van der Waals surface area contributed by atoms with Gasteiger partial charge in [-0.05, 0) is 57.5 Å². The summed E-state index contributed by atoms with van der Waals surface area (Å²) in [6.07, 6.45) is 11.5. The van der Waals surface area contributed by atoms with Crippen LogP contribution in [0.2, 0.25) is 0 Å². The van der Waals surface area contributed by atoms with Gasteiger partial charge >= 0.3 is 0 Å². The van der Waals surface area contributed by atoms with Gasteiger partial charge in [0.25, 0.3) is 0 Å². The van der Waals surface area contributed by atoms with Gasteiger partial charge in [0.15, 0.2) is 0 Å². The van der Waals surface area contributed by atoms with E-state index >= 15 is 0 Å². The van der Waals surface area contributed by atoms with Gasteiger partial charge in [0.2, 0.25) is 0 Å². The van der Waals surface area contributed by atoms with Crippen molar-refractivity contribution in [1.29, 1.82) is 0 Å². The Morgan fingerprint density at radius 1 is 1.06 bits per heavy atom. The Kier molecular flexibility index (Phi) is 5.97. The standard InChI is InChI=1S/C16H32N2/c1-3-6-14-8-10-16(11-9-14)18(4-2)13-15-7-5-12-17-15/h14-17H,3-13H2,1-2H3. The van der Waals surface area contributed by atoms with Crippen molar-refractivity contribution in [2.24, 2.45) is 5.92 Å². The molecule has 1 heterocycles. The lowest BCUT2D eigenvalue weighted by Gasteiger charge is -2.37. The fourth-order valence-corrected chi connectivity index (χ4v) is 3.94. The Hall–Kier alpha value is -0.0800. The number of nitrogens with zero attached hydrogens (tertiary/aromatic N) is 1. The average Bonchev–Trinajstić information content (AvgIpc) is 2.90. The molecule has 2 rings (SSSR count). The number of likely N-dealkylation sites (N-methyl/N-ethyl adjacent to an activating group) is 1. The van der Waals surface area contributed by atoms with Crippen LogP contribution < -0.4 is 5.32 Å². The minimum atomic E-state index is 0.776. The predicted octanol–water partition coefficient (Wildman–Crippen LogP) is 3.42. The first kappa shape index (κ1) is 14.3. The SMILES string of the molecule is CCCC1CCC(N(CC)CC2CCCN2)CC1. The summed E-state index contributed by atoms with van der Waals surface area (Å²) >= 11 is 0. The Bertz CT molecular complexity index is 215. The van der Waals surface area contributed by atoms with Crippen LogP contribution in [0.5, 0.6) is 0 Å². The molecule has 0 aromatic carbocycles. The van der Waals surface area contributed by atoms with Gasteiger partial charge < -0.3 is 5.32 Å². The highest BCUT2D eigenvalue weighted by Crippen LogP contribution is 2.30. The summed E-state index contributed by atoms with van der Waals surface area (Å²) in [6.45, 7) is 8.44. The topological polar surface area (TPSA) is 15.3 Å². The van der Waals surface area contributed by atoms with Gasteiger partial charge in [0.05, 0.1) is 0 Å². The molecule has 1 atom stereocenters. The second-order valence-corrected chi connectivity index (χ2v) is 6.34. The minimum Gasteiger partial charge on any atom is -0.313 e. The first-order valence-electron chi connectivity index (χ1n) is 8.30. The Morgan fingerprint density at radius 2 is 1.83 bits per heavy atom. The van der Waals surface area contributed by atoms with Gasteiger partial charge in [0.1, 0.15) is 0 Å². The van der Waals surface area contributed by atoms with Gasteiger partial charge in [-0.25, -0.2) is 0 Å². The smallest absolute Gasteiger partial charge is 0.0195 e.